The number of aromatic nitrogens is 2. The third-order valence-corrected chi connectivity index (χ3v) is 20.5. The van der Waals surface area contributed by atoms with Gasteiger partial charge in [-0.05, 0) is 61.8 Å². The molecule has 5 fully saturated rings. The van der Waals surface area contributed by atoms with Gasteiger partial charge in [0.15, 0.2) is 17.3 Å². The summed E-state index contributed by atoms with van der Waals surface area (Å²) in [5.74, 6) is -10.9. The number of aliphatic hydroxyl groups excluding tert-OH is 1. The zero-order chi connectivity index (χ0) is 70.1. The molecular weight excluding hydrogens is 1310 g/mol. The number of carbonyl (C=O) groups is 10. The Morgan fingerprint density at radius 1 is 0.784 bits per heavy atom. The van der Waals surface area contributed by atoms with Gasteiger partial charge in [-0.3, -0.25) is 47.9 Å². The molecule has 0 unspecified atom stereocenters. The standard InChI is InChI=1S/C66H98ClN15O13S2/c1-40(2)20-44-24-55(85)50(28-60(90)91)79-62(93)45(21-43-12-13-54(84)48(67)22-43)25-57(87)53-26-46(83)30-82(53)64(95)52(32-97-96-31-41(3)77-61(44)92)80-63(94)47(51-29-75-39-76-51)27-56(86)49(23-42-8-5-4-6-9-42)78-58(88)10-7-11-59(89)81-66-36-72-17-14-69-33-65(68,34-70-15-18-73-37-66)35-71-16-19-74-38-66/h4-6,8-9,12-13,22,29,39-41,44-47,49-50,52-53,69-74,83-84H,7,10-11,14-21,23-28,30-38,68H2,1-3H3,(H,75,76)(H,77,92)(H,78,88)(H,79,93)(H,80,94)(H,81,89)(H,90,91)/t41-,44-,45-,46-,47+,49+,50+,52+,53+,65-,66+/m1/s1. The number of carboxylic acids is 1. The highest BCUT2D eigenvalue weighted by atomic mass is 35.5. The lowest BCUT2D eigenvalue weighted by Gasteiger charge is -2.37. The van der Waals surface area contributed by atoms with Gasteiger partial charge in [-0.2, -0.15) is 0 Å². The Morgan fingerprint density at radius 3 is 2.00 bits per heavy atom. The first-order chi connectivity index (χ1) is 46.4. The number of aromatic hydroxyl groups is 1. The summed E-state index contributed by atoms with van der Waals surface area (Å²) in [7, 11) is 2.43. The van der Waals surface area contributed by atoms with E-state index in [0.29, 0.717) is 89.7 Å². The molecule has 5 saturated heterocycles. The number of benzene rings is 2. The monoisotopic (exact) mass is 1410 g/mol. The maximum Gasteiger partial charge on any atom is 0.305 e. The average molecular weight is 1410 g/mol. The highest BCUT2D eigenvalue weighted by Crippen LogP contribution is 2.31. The van der Waals surface area contributed by atoms with Crippen LogP contribution in [0.2, 0.25) is 5.02 Å². The fourth-order valence-corrected chi connectivity index (χ4v) is 15.2. The summed E-state index contributed by atoms with van der Waals surface area (Å²) < 4.78 is 0. The number of ketones is 3. The Bertz CT molecular complexity index is 3090. The molecular formula is C66H98ClN15O13S2. The summed E-state index contributed by atoms with van der Waals surface area (Å²) in [5.41, 5.74) is 6.77. The SMILES string of the molecule is CC(C)C[C@@H]1CC(=O)[C@H](CC(=O)O)NC(=O)[C@H](Cc2ccc(O)c(Cl)c2)CC(=O)[C@@H]2C[C@@H](O)CN2C(=O)[C@@H](NC(=O)[C@@H](CC(=O)[C@H](Cc2ccccc2)NC(=O)CCCC(=O)N[C@]23CNCCNC[C@](N)(CNCCNC2)CNCCNC3)c2c[nH]cn2)CSSC[C@@H](C)NC1=O. The molecule has 2 aromatic carbocycles. The summed E-state index contributed by atoms with van der Waals surface area (Å²) in [5, 5.41) is 66.8. The third-order valence-electron chi connectivity index (χ3n) is 17.6. The van der Waals surface area contributed by atoms with E-state index in [4.69, 9.17) is 17.3 Å². The molecule has 9 atom stereocenters. The van der Waals surface area contributed by atoms with Gasteiger partial charge >= 0.3 is 5.97 Å². The van der Waals surface area contributed by atoms with E-state index in [2.05, 4.69) is 68.5 Å². The molecule has 5 aliphatic heterocycles. The Balaban J connectivity index is 1.10. The first kappa shape index (κ1) is 77.8. The second kappa shape index (κ2) is 38.7. The number of aliphatic hydroxyl groups is 1. The number of imidazole rings is 1. The van der Waals surface area contributed by atoms with Crippen LogP contribution in [0, 0.1) is 17.8 Å². The summed E-state index contributed by atoms with van der Waals surface area (Å²) >= 11 is 6.28. The molecule has 3 aromatic rings. The van der Waals surface area contributed by atoms with Crippen LogP contribution in [0.1, 0.15) is 101 Å². The molecule has 97 heavy (non-hydrogen) atoms. The van der Waals surface area contributed by atoms with Gasteiger partial charge in [0.05, 0.1) is 64.7 Å². The van der Waals surface area contributed by atoms with Crippen LogP contribution in [-0.4, -0.2) is 233 Å². The van der Waals surface area contributed by atoms with E-state index in [-0.39, 0.29) is 91.3 Å². The smallest absolute Gasteiger partial charge is 0.305 e. The van der Waals surface area contributed by atoms with Crippen LogP contribution in [-0.2, 0) is 60.8 Å². The second-order valence-electron chi connectivity index (χ2n) is 26.6. The number of halogens is 1. The van der Waals surface area contributed by atoms with Gasteiger partial charge in [0.1, 0.15) is 11.8 Å². The van der Waals surface area contributed by atoms with Gasteiger partial charge in [0.2, 0.25) is 35.4 Å². The topological polar surface area (TPSA) is 422 Å². The molecule has 0 aliphatic carbocycles. The van der Waals surface area contributed by atoms with Gasteiger partial charge in [-0.25, -0.2) is 4.98 Å². The number of aliphatic carboxylic acids is 1. The van der Waals surface area contributed by atoms with Crippen molar-refractivity contribution in [3.8, 4) is 5.75 Å². The zero-order valence-corrected chi connectivity index (χ0v) is 57.9. The van der Waals surface area contributed by atoms with E-state index in [1.165, 1.54) is 52.3 Å². The Kier molecular flexibility index (Phi) is 31.0. The first-order valence-corrected chi connectivity index (χ1v) is 36.3. The van der Waals surface area contributed by atoms with Crippen LogP contribution in [0.5, 0.6) is 5.75 Å². The molecule has 6 amide bonds. The lowest BCUT2D eigenvalue weighted by molar-refractivity contribution is -0.142. The van der Waals surface area contributed by atoms with Gasteiger partial charge in [-0.1, -0.05) is 83.4 Å². The van der Waals surface area contributed by atoms with Crippen LogP contribution in [0.15, 0.2) is 61.1 Å². The summed E-state index contributed by atoms with van der Waals surface area (Å²) in [6.07, 6.45) is -1.01. The van der Waals surface area contributed by atoms with Crippen LogP contribution < -0.4 is 64.2 Å². The summed E-state index contributed by atoms with van der Waals surface area (Å²) in [4.78, 5) is 151. The lowest BCUT2D eigenvalue weighted by Crippen LogP contribution is -2.67. The predicted octanol–water partition coefficient (Wildman–Crippen LogP) is -0.428. The molecule has 31 heteroatoms. The number of rotatable bonds is 20. The molecule has 0 radical (unpaired) electrons. The average Bonchev–Trinajstić information content (AvgIpc) is 1.72. The minimum Gasteiger partial charge on any atom is -0.506 e. The number of carboxylic acid groups (broad SMARTS) is 1. The number of nitrogens with one attached hydrogen (secondary N) is 12. The fourth-order valence-electron chi connectivity index (χ4n) is 12.5. The van der Waals surface area contributed by atoms with Crippen LogP contribution >= 0.6 is 33.2 Å². The third kappa shape index (κ3) is 25.3. The number of aromatic amines is 1. The van der Waals surface area contributed by atoms with Crippen LogP contribution in [0.25, 0.3) is 0 Å². The molecule has 6 heterocycles. The molecule has 0 spiro atoms. The van der Waals surface area contributed by atoms with E-state index < -0.39 is 144 Å². The maximum absolute atomic E-state index is 15.2. The zero-order valence-electron chi connectivity index (χ0n) is 55.5. The minimum atomic E-state index is -1.62. The van der Waals surface area contributed by atoms with Gasteiger partial charge in [0.25, 0.3) is 0 Å². The van der Waals surface area contributed by atoms with E-state index >= 15 is 9.59 Å². The number of Topliss-reactive ketones (excluding diaryl/α,β-unsaturated/α-hetero) is 3. The van der Waals surface area contributed by atoms with E-state index in [1.54, 1.807) is 31.2 Å². The highest BCUT2D eigenvalue weighted by Gasteiger charge is 2.44. The fraction of sp³-hybridized carbons (Fsp3) is 0.621. The molecule has 0 saturated carbocycles. The number of H-pyrrole nitrogens is 1. The number of amides is 6. The quantitative estimate of drug-likeness (QED) is 0.0638. The number of phenolic OH excluding ortho intramolecular Hbond substituents is 1. The predicted molar refractivity (Wildman–Crippen MR) is 369 cm³/mol. The second-order valence-corrected chi connectivity index (χ2v) is 29.5. The Labute approximate surface area is 579 Å². The number of carbonyl (C=O) groups excluding carboxylic acids is 9. The van der Waals surface area contributed by atoms with Crippen molar-refractivity contribution in [3.05, 3.63) is 82.9 Å². The van der Waals surface area contributed by atoms with Crippen LogP contribution in [0.3, 0.4) is 0 Å². The number of nitrogens with two attached hydrogens (primary N) is 1. The van der Waals surface area contributed by atoms with Gasteiger partial charge in [0, 0.05) is 159 Å². The number of hydrogen-bond acceptors (Lipinski definition) is 22. The highest BCUT2D eigenvalue weighted by molar-refractivity contribution is 8.76. The molecule has 5 aliphatic rings. The van der Waals surface area contributed by atoms with Crippen molar-refractivity contribution in [1.82, 2.24) is 73.4 Å². The number of hydrogen-bond donors (Lipinski definition) is 16. The molecule has 1 aromatic heterocycles. The van der Waals surface area contributed by atoms with E-state index in [9.17, 15) is 53.7 Å². The minimum absolute atomic E-state index is 0.00168. The lowest BCUT2D eigenvalue weighted by atomic mass is 9.88. The van der Waals surface area contributed by atoms with E-state index in [1.807, 2.05) is 19.9 Å². The van der Waals surface area contributed by atoms with Crippen molar-refractivity contribution < 1.29 is 63.3 Å². The molecule has 8 rings (SSSR count). The van der Waals surface area contributed by atoms with Gasteiger partial charge in [-0.15, -0.1) is 0 Å². The molecule has 17 N–H and O–H groups in total. The largest absolute Gasteiger partial charge is 0.506 e. The number of phenols is 1. The van der Waals surface area contributed by atoms with Crippen LogP contribution in [0.4, 0.5) is 0 Å². The molecule has 28 nitrogen and oxygen atoms in total. The Hall–Kier alpha value is -6.58. The summed E-state index contributed by atoms with van der Waals surface area (Å²) in [6, 6.07) is 7.03. The number of fused-ring (bicyclic) bond motifs is 16. The van der Waals surface area contributed by atoms with Gasteiger partial charge < -0.3 is 89.4 Å². The normalized spacial score (nSPS) is 26.6. The van der Waals surface area contributed by atoms with Crippen molar-refractivity contribution in [1.29, 1.82) is 0 Å². The van der Waals surface area contributed by atoms with E-state index in [0.717, 1.165) is 4.90 Å². The summed E-state index contributed by atoms with van der Waals surface area (Å²) in [6.45, 7) is 12.2. The van der Waals surface area contributed by atoms with Crippen molar-refractivity contribution in [2.75, 3.05) is 96.6 Å². The van der Waals surface area contributed by atoms with Crippen molar-refractivity contribution in [2.24, 2.45) is 23.5 Å². The molecule has 534 valence electrons. The first-order valence-electron chi connectivity index (χ1n) is 33.5. The van der Waals surface area contributed by atoms with Crippen molar-refractivity contribution >= 4 is 92.0 Å². The van der Waals surface area contributed by atoms with Crippen molar-refractivity contribution in [2.45, 2.75) is 145 Å². The maximum atomic E-state index is 15.2. The van der Waals surface area contributed by atoms with Crippen molar-refractivity contribution in [3.63, 3.8) is 0 Å². The number of nitrogens with zero attached hydrogens (tertiary/aromatic N) is 2. The molecule has 2 bridgehead atoms. The Morgan fingerprint density at radius 2 is 1.39 bits per heavy atom.